The van der Waals surface area contributed by atoms with E-state index in [2.05, 4.69) is 16.0 Å². The van der Waals surface area contributed by atoms with Gasteiger partial charge in [-0.05, 0) is 24.3 Å². The van der Waals surface area contributed by atoms with Crippen LogP contribution in [0.5, 0.6) is 0 Å². The number of anilines is 1. The molecule has 2 heterocycles. The fourth-order valence-corrected chi connectivity index (χ4v) is 2.42. The van der Waals surface area contributed by atoms with E-state index in [1.165, 1.54) is 11.3 Å². The molecule has 3 aromatic rings. The zero-order valence-corrected chi connectivity index (χ0v) is 11.3. The summed E-state index contributed by atoms with van der Waals surface area (Å²) in [6, 6.07) is 15.2. The molecule has 20 heavy (non-hydrogen) atoms. The molecule has 5 heteroatoms. The molecule has 0 aliphatic heterocycles. The summed E-state index contributed by atoms with van der Waals surface area (Å²) in [5.41, 5.74) is 9.67. The number of thiazole rings is 1. The molecule has 4 nitrogen and oxygen atoms in total. The van der Waals surface area contributed by atoms with E-state index in [1.807, 2.05) is 35.7 Å². The second kappa shape index (κ2) is 5.11. The van der Waals surface area contributed by atoms with Crippen LogP contribution in [0.4, 0.5) is 5.13 Å². The van der Waals surface area contributed by atoms with Crippen molar-refractivity contribution in [2.24, 2.45) is 0 Å². The minimum Gasteiger partial charge on any atom is -0.375 e. The van der Waals surface area contributed by atoms with Crippen LogP contribution in [-0.4, -0.2) is 9.97 Å². The zero-order chi connectivity index (χ0) is 13.9. The van der Waals surface area contributed by atoms with Crippen LogP contribution in [0.2, 0.25) is 0 Å². The van der Waals surface area contributed by atoms with E-state index >= 15 is 0 Å². The first kappa shape index (κ1) is 12.3. The number of rotatable bonds is 2. The maximum atomic E-state index is 8.81. The summed E-state index contributed by atoms with van der Waals surface area (Å²) >= 11 is 1.40. The van der Waals surface area contributed by atoms with E-state index in [-0.39, 0.29) is 0 Å². The van der Waals surface area contributed by atoms with Crippen LogP contribution >= 0.6 is 11.3 Å². The number of nitrogens with zero attached hydrogens (tertiary/aromatic N) is 3. The third kappa shape index (κ3) is 2.37. The van der Waals surface area contributed by atoms with Gasteiger partial charge in [0.15, 0.2) is 5.13 Å². The Kier molecular flexibility index (Phi) is 3.15. The molecule has 96 valence electrons. The largest absolute Gasteiger partial charge is 0.375 e. The molecule has 0 bridgehead atoms. The van der Waals surface area contributed by atoms with Gasteiger partial charge in [0.2, 0.25) is 0 Å². The second-order valence-electron chi connectivity index (χ2n) is 4.17. The van der Waals surface area contributed by atoms with Crippen molar-refractivity contribution in [2.45, 2.75) is 0 Å². The standard InChI is InChI=1S/C15H10N4S/c16-8-10-4-6-11(7-5-10)12-2-1-3-13(18-12)14-9-20-15(17)19-14/h1-7,9H,(H2,17,19). The molecule has 0 fully saturated rings. The SMILES string of the molecule is N#Cc1ccc(-c2cccc(-c3csc(N)n3)n2)cc1. The maximum absolute atomic E-state index is 8.81. The van der Waals surface area contributed by atoms with Crippen molar-refractivity contribution in [1.29, 1.82) is 5.26 Å². The molecule has 0 saturated carbocycles. The lowest BCUT2D eigenvalue weighted by molar-refractivity contribution is 1.28. The first-order valence-corrected chi connectivity index (χ1v) is 6.83. The molecule has 0 spiro atoms. The number of benzene rings is 1. The summed E-state index contributed by atoms with van der Waals surface area (Å²) in [6.07, 6.45) is 0. The number of nitrogens with two attached hydrogens (primary N) is 1. The Morgan fingerprint density at radius 2 is 1.70 bits per heavy atom. The van der Waals surface area contributed by atoms with Gasteiger partial charge in [-0.2, -0.15) is 5.26 Å². The molecule has 3 rings (SSSR count). The van der Waals surface area contributed by atoms with E-state index < -0.39 is 0 Å². The first-order chi connectivity index (χ1) is 9.76. The van der Waals surface area contributed by atoms with Crippen LogP contribution in [0.25, 0.3) is 22.6 Å². The summed E-state index contributed by atoms with van der Waals surface area (Å²) in [5.74, 6) is 0. The second-order valence-corrected chi connectivity index (χ2v) is 5.06. The van der Waals surface area contributed by atoms with E-state index in [9.17, 15) is 0 Å². The van der Waals surface area contributed by atoms with Crippen molar-refractivity contribution in [2.75, 3.05) is 5.73 Å². The molecule has 0 radical (unpaired) electrons. The van der Waals surface area contributed by atoms with Crippen LogP contribution in [0.15, 0.2) is 47.8 Å². The van der Waals surface area contributed by atoms with Crippen LogP contribution in [0, 0.1) is 11.3 Å². The molecule has 0 saturated heterocycles. The Labute approximate surface area is 120 Å². The number of nitrogen functional groups attached to an aromatic ring is 1. The first-order valence-electron chi connectivity index (χ1n) is 5.95. The van der Waals surface area contributed by atoms with Gasteiger partial charge < -0.3 is 5.73 Å². The van der Waals surface area contributed by atoms with Crippen LogP contribution in [0.3, 0.4) is 0 Å². The highest BCUT2D eigenvalue weighted by atomic mass is 32.1. The number of nitriles is 1. The normalized spacial score (nSPS) is 10.2. The molecule has 0 unspecified atom stereocenters. The molecule has 0 aliphatic rings. The van der Waals surface area contributed by atoms with Crippen molar-refractivity contribution in [1.82, 2.24) is 9.97 Å². The minimum atomic E-state index is 0.533. The number of hydrogen-bond acceptors (Lipinski definition) is 5. The van der Waals surface area contributed by atoms with E-state index in [4.69, 9.17) is 11.0 Å². The van der Waals surface area contributed by atoms with Gasteiger partial charge in [-0.1, -0.05) is 18.2 Å². The average molecular weight is 278 g/mol. The Bertz CT molecular complexity index is 784. The van der Waals surface area contributed by atoms with E-state index in [1.54, 1.807) is 12.1 Å². The van der Waals surface area contributed by atoms with Gasteiger partial charge in [0.1, 0.15) is 5.69 Å². The van der Waals surface area contributed by atoms with Crippen LogP contribution in [0.1, 0.15) is 5.56 Å². The molecular formula is C15H10N4S. The third-order valence-electron chi connectivity index (χ3n) is 2.84. The lowest BCUT2D eigenvalue weighted by Gasteiger charge is -2.03. The molecule has 2 N–H and O–H groups in total. The average Bonchev–Trinajstić information content (AvgIpc) is 2.94. The van der Waals surface area contributed by atoms with E-state index in [0.717, 1.165) is 22.6 Å². The van der Waals surface area contributed by atoms with Crippen molar-refractivity contribution in [3.05, 3.63) is 53.4 Å². The number of hydrogen-bond donors (Lipinski definition) is 1. The molecule has 0 amide bonds. The van der Waals surface area contributed by atoms with Gasteiger partial charge in [-0.3, -0.25) is 0 Å². The van der Waals surface area contributed by atoms with E-state index in [0.29, 0.717) is 10.7 Å². The summed E-state index contributed by atoms with van der Waals surface area (Å²) < 4.78 is 0. The Balaban J connectivity index is 2.00. The highest BCUT2D eigenvalue weighted by Crippen LogP contribution is 2.24. The van der Waals surface area contributed by atoms with Gasteiger partial charge in [0, 0.05) is 10.9 Å². The summed E-state index contributed by atoms with van der Waals surface area (Å²) in [4.78, 5) is 8.82. The van der Waals surface area contributed by atoms with Crippen molar-refractivity contribution >= 4 is 16.5 Å². The Morgan fingerprint density at radius 1 is 0.950 bits per heavy atom. The molecule has 0 atom stereocenters. The maximum Gasteiger partial charge on any atom is 0.180 e. The Hall–Kier alpha value is -2.71. The van der Waals surface area contributed by atoms with Crippen molar-refractivity contribution < 1.29 is 0 Å². The van der Waals surface area contributed by atoms with Gasteiger partial charge in [-0.15, -0.1) is 11.3 Å². The lowest BCUT2D eigenvalue weighted by Crippen LogP contribution is -1.89. The molecule has 0 aliphatic carbocycles. The Morgan fingerprint density at radius 3 is 2.35 bits per heavy atom. The lowest BCUT2D eigenvalue weighted by atomic mass is 10.1. The third-order valence-corrected chi connectivity index (χ3v) is 3.52. The molecular weight excluding hydrogens is 268 g/mol. The smallest absolute Gasteiger partial charge is 0.180 e. The van der Waals surface area contributed by atoms with Gasteiger partial charge in [-0.25, -0.2) is 9.97 Å². The molecule has 2 aromatic heterocycles. The predicted molar refractivity (Wildman–Crippen MR) is 79.9 cm³/mol. The van der Waals surface area contributed by atoms with Gasteiger partial charge >= 0.3 is 0 Å². The fraction of sp³-hybridized carbons (Fsp3) is 0. The van der Waals surface area contributed by atoms with Gasteiger partial charge in [0.25, 0.3) is 0 Å². The van der Waals surface area contributed by atoms with Crippen molar-refractivity contribution in [3.8, 4) is 28.7 Å². The molecule has 1 aromatic carbocycles. The zero-order valence-electron chi connectivity index (χ0n) is 10.4. The predicted octanol–water partition coefficient (Wildman–Crippen LogP) is 3.33. The monoisotopic (exact) mass is 278 g/mol. The number of pyridine rings is 1. The highest BCUT2D eigenvalue weighted by Gasteiger charge is 2.06. The topological polar surface area (TPSA) is 75.6 Å². The number of aromatic nitrogens is 2. The summed E-state index contributed by atoms with van der Waals surface area (Å²) in [7, 11) is 0. The quantitative estimate of drug-likeness (QED) is 0.780. The van der Waals surface area contributed by atoms with Gasteiger partial charge in [0.05, 0.1) is 23.0 Å². The van der Waals surface area contributed by atoms with Crippen LogP contribution in [-0.2, 0) is 0 Å². The highest BCUT2D eigenvalue weighted by molar-refractivity contribution is 7.13. The minimum absolute atomic E-state index is 0.533. The summed E-state index contributed by atoms with van der Waals surface area (Å²) in [6.45, 7) is 0. The fourth-order valence-electron chi connectivity index (χ4n) is 1.86. The summed E-state index contributed by atoms with van der Waals surface area (Å²) in [5, 5.41) is 11.2. The van der Waals surface area contributed by atoms with Crippen LogP contribution < -0.4 is 5.73 Å². The van der Waals surface area contributed by atoms with Crippen molar-refractivity contribution in [3.63, 3.8) is 0 Å².